The van der Waals surface area contributed by atoms with Crippen molar-refractivity contribution in [1.82, 2.24) is 0 Å². The number of hydrogen-bond acceptors (Lipinski definition) is 3. The summed E-state index contributed by atoms with van der Waals surface area (Å²) in [6.07, 6.45) is 3.66. The number of rotatable bonds is 4. The summed E-state index contributed by atoms with van der Waals surface area (Å²) in [6, 6.07) is 7.70. The molecular formula is C14H17BrO3. The van der Waals surface area contributed by atoms with Gasteiger partial charge in [-0.3, -0.25) is 4.79 Å². The maximum absolute atomic E-state index is 11.7. The number of benzene rings is 1. The van der Waals surface area contributed by atoms with Crippen LogP contribution in [0.15, 0.2) is 28.7 Å². The van der Waals surface area contributed by atoms with Crippen LogP contribution < -0.4 is 0 Å². The van der Waals surface area contributed by atoms with Crippen molar-refractivity contribution in [2.45, 2.75) is 31.8 Å². The van der Waals surface area contributed by atoms with Crippen LogP contribution in [0.3, 0.4) is 0 Å². The first-order valence-electron chi connectivity index (χ1n) is 6.26. The summed E-state index contributed by atoms with van der Waals surface area (Å²) in [5.74, 6) is -0.192. The fourth-order valence-corrected chi connectivity index (χ4v) is 2.44. The summed E-state index contributed by atoms with van der Waals surface area (Å²) in [5.41, 5.74) is 0.957. The second kappa shape index (κ2) is 6.90. The van der Waals surface area contributed by atoms with Gasteiger partial charge in [-0.1, -0.05) is 28.1 Å². The fraction of sp³-hybridized carbons (Fsp3) is 0.500. The van der Waals surface area contributed by atoms with Gasteiger partial charge in [0.25, 0.3) is 0 Å². The Morgan fingerprint density at radius 3 is 3.06 bits per heavy atom. The number of carbonyl (C=O) groups is 1. The molecule has 18 heavy (non-hydrogen) atoms. The van der Waals surface area contributed by atoms with E-state index < -0.39 is 0 Å². The molecule has 1 aromatic carbocycles. The van der Waals surface area contributed by atoms with Crippen LogP contribution >= 0.6 is 15.9 Å². The molecule has 2 rings (SSSR count). The lowest BCUT2D eigenvalue weighted by Crippen LogP contribution is -2.26. The van der Waals surface area contributed by atoms with E-state index in [0.29, 0.717) is 13.0 Å². The van der Waals surface area contributed by atoms with Crippen LogP contribution in [0.5, 0.6) is 0 Å². The molecule has 0 N–H and O–H groups in total. The number of esters is 1. The van der Waals surface area contributed by atoms with Crippen molar-refractivity contribution in [3.63, 3.8) is 0 Å². The Labute approximate surface area is 116 Å². The number of hydrogen-bond donors (Lipinski definition) is 0. The molecule has 0 bridgehead atoms. The molecule has 1 aromatic rings. The van der Waals surface area contributed by atoms with Crippen LogP contribution in [0, 0.1) is 0 Å². The highest BCUT2D eigenvalue weighted by Crippen LogP contribution is 2.14. The quantitative estimate of drug-likeness (QED) is 0.801. The van der Waals surface area contributed by atoms with E-state index in [9.17, 15) is 4.79 Å². The third kappa shape index (κ3) is 4.42. The van der Waals surface area contributed by atoms with Gasteiger partial charge in [-0.15, -0.1) is 0 Å². The number of ether oxygens (including phenoxy) is 2. The van der Waals surface area contributed by atoms with Crippen LogP contribution in [0.25, 0.3) is 0 Å². The SMILES string of the molecule is O=C(Cc1cccc(Br)c1)OCC1CCCCO1. The van der Waals surface area contributed by atoms with E-state index in [1.54, 1.807) is 0 Å². The lowest BCUT2D eigenvalue weighted by molar-refractivity contribution is -0.148. The monoisotopic (exact) mass is 312 g/mol. The first-order chi connectivity index (χ1) is 8.74. The normalized spacial score (nSPS) is 19.5. The molecule has 4 heteroatoms. The molecular weight excluding hydrogens is 296 g/mol. The van der Waals surface area contributed by atoms with Gasteiger partial charge < -0.3 is 9.47 Å². The highest BCUT2D eigenvalue weighted by molar-refractivity contribution is 9.10. The molecule has 1 fully saturated rings. The third-order valence-corrected chi connectivity index (χ3v) is 3.43. The topological polar surface area (TPSA) is 35.5 Å². The molecule has 0 aromatic heterocycles. The van der Waals surface area contributed by atoms with Crippen molar-refractivity contribution < 1.29 is 14.3 Å². The zero-order valence-electron chi connectivity index (χ0n) is 10.2. The first kappa shape index (κ1) is 13.6. The molecule has 0 spiro atoms. The van der Waals surface area contributed by atoms with E-state index in [1.807, 2.05) is 24.3 Å². The van der Waals surface area contributed by atoms with Crippen LogP contribution in [0.4, 0.5) is 0 Å². The van der Waals surface area contributed by atoms with Gasteiger partial charge in [0.2, 0.25) is 0 Å². The minimum Gasteiger partial charge on any atom is -0.463 e. The summed E-state index contributed by atoms with van der Waals surface area (Å²) < 4.78 is 11.7. The zero-order chi connectivity index (χ0) is 12.8. The Kier molecular flexibility index (Phi) is 5.20. The Bertz CT molecular complexity index is 400. The zero-order valence-corrected chi connectivity index (χ0v) is 11.8. The molecule has 1 aliphatic rings. The van der Waals surface area contributed by atoms with E-state index in [0.717, 1.165) is 35.9 Å². The molecule has 0 saturated carbocycles. The van der Waals surface area contributed by atoms with Gasteiger partial charge >= 0.3 is 5.97 Å². The van der Waals surface area contributed by atoms with Gasteiger partial charge in [0.05, 0.1) is 12.5 Å². The predicted molar refractivity (Wildman–Crippen MR) is 72.4 cm³/mol. The van der Waals surface area contributed by atoms with E-state index in [1.165, 1.54) is 0 Å². The van der Waals surface area contributed by atoms with E-state index in [2.05, 4.69) is 15.9 Å². The van der Waals surface area contributed by atoms with Gasteiger partial charge in [0.15, 0.2) is 0 Å². The minimum absolute atomic E-state index is 0.0882. The summed E-state index contributed by atoms with van der Waals surface area (Å²) in [6.45, 7) is 1.17. The Morgan fingerprint density at radius 1 is 1.44 bits per heavy atom. The third-order valence-electron chi connectivity index (χ3n) is 2.94. The smallest absolute Gasteiger partial charge is 0.310 e. The van der Waals surface area contributed by atoms with Gasteiger partial charge in [0.1, 0.15) is 6.61 Å². The average Bonchev–Trinajstić information content (AvgIpc) is 2.38. The van der Waals surface area contributed by atoms with Crippen LogP contribution in [-0.4, -0.2) is 25.3 Å². The molecule has 1 aliphatic heterocycles. The second-order valence-corrected chi connectivity index (χ2v) is 5.39. The lowest BCUT2D eigenvalue weighted by Gasteiger charge is -2.22. The van der Waals surface area contributed by atoms with Gasteiger partial charge in [-0.2, -0.15) is 0 Å². The summed E-state index contributed by atoms with van der Waals surface area (Å²) in [5, 5.41) is 0. The number of carbonyl (C=O) groups excluding carboxylic acids is 1. The minimum atomic E-state index is -0.192. The molecule has 1 atom stereocenters. The van der Waals surface area contributed by atoms with Gasteiger partial charge in [-0.25, -0.2) is 0 Å². The van der Waals surface area contributed by atoms with Crippen molar-refractivity contribution in [2.24, 2.45) is 0 Å². The van der Waals surface area contributed by atoms with Crippen LogP contribution in [-0.2, 0) is 20.7 Å². The Morgan fingerprint density at radius 2 is 2.33 bits per heavy atom. The molecule has 98 valence electrons. The van der Waals surface area contributed by atoms with Crippen molar-refractivity contribution >= 4 is 21.9 Å². The van der Waals surface area contributed by atoms with Gasteiger partial charge in [0, 0.05) is 11.1 Å². The van der Waals surface area contributed by atoms with Crippen molar-refractivity contribution in [1.29, 1.82) is 0 Å². The molecule has 3 nitrogen and oxygen atoms in total. The first-order valence-corrected chi connectivity index (χ1v) is 7.05. The Balaban J connectivity index is 1.74. The summed E-state index contributed by atoms with van der Waals surface area (Å²) >= 11 is 3.38. The van der Waals surface area contributed by atoms with E-state index in [4.69, 9.17) is 9.47 Å². The maximum Gasteiger partial charge on any atom is 0.310 e. The molecule has 0 aliphatic carbocycles. The fourth-order valence-electron chi connectivity index (χ4n) is 1.99. The maximum atomic E-state index is 11.7. The standard InChI is InChI=1S/C14H17BrO3/c15-12-5-3-4-11(8-12)9-14(16)18-10-13-6-1-2-7-17-13/h3-5,8,13H,1-2,6-7,9-10H2. The molecule has 1 saturated heterocycles. The summed E-state index contributed by atoms with van der Waals surface area (Å²) in [7, 11) is 0. The molecule has 0 radical (unpaired) electrons. The van der Waals surface area contributed by atoms with Crippen molar-refractivity contribution in [3.05, 3.63) is 34.3 Å². The van der Waals surface area contributed by atoms with E-state index >= 15 is 0 Å². The van der Waals surface area contributed by atoms with Crippen LogP contribution in [0.1, 0.15) is 24.8 Å². The van der Waals surface area contributed by atoms with Crippen LogP contribution in [0.2, 0.25) is 0 Å². The molecule has 1 unspecified atom stereocenters. The van der Waals surface area contributed by atoms with Gasteiger partial charge in [-0.05, 0) is 37.0 Å². The average molecular weight is 313 g/mol. The van der Waals surface area contributed by atoms with E-state index in [-0.39, 0.29) is 12.1 Å². The second-order valence-electron chi connectivity index (χ2n) is 4.48. The number of halogens is 1. The lowest BCUT2D eigenvalue weighted by atomic mass is 10.1. The largest absolute Gasteiger partial charge is 0.463 e. The van der Waals surface area contributed by atoms with Crippen molar-refractivity contribution in [3.8, 4) is 0 Å². The predicted octanol–water partition coefficient (Wildman–Crippen LogP) is 3.10. The Hall–Kier alpha value is -0.870. The van der Waals surface area contributed by atoms with Crippen molar-refractivity contribution in [2.75, 3.05) is 13.2 Å². The highest BCUT2D eigenvalue weighted by atomic mass is 79.9. The summed E-state index contributed by atoms with van der Waals surface area (Å²) in [4.78, 5) is 11.7. The molecule has 1 heterocycles. The highest BCUT2D eigenvalue weighted by Gasteiger charge is 2.16. The molecule has 0 amide bonds.